The third-order valence-electron chi connectivity index (χ3n) is 4.24. The van der Waals surface area contributed by atoms with E-state index in [-0.39, 0.29) is 23.9 Å². The van der Waals surface area contributed by atoms with Crippen molar-refractivity contribution in [2.45, 2.75) is 91.1 Å². The minimum atomic E-state index is 0.0857. The van der Waals surface area contributed by atoms with Crippen molar-refractivity contribution in [1.82, 2.24) is 16.0 Å². The molecular formula is C22H41N3O2. The molecule has 0 fully saturated rings. The van der Waals surface area contributed by atoms with Crippen LogP contribution < -0.4 is 16.0 Å². The molecular weight excluding hydrogens is 338 g/mol. The lowest BCUT2D eigenvalue weighted by atomic mass is 10.1. The van der Waals surface area contributed by atoms with Gasteiger partial charge in [0, 0.05) is 38.0 Å². The Kier molecular flexibility index (Phi) is 16.7. The molecule has 2 atom stereocenters. The van der Waals surface area contributed by atoms with Gasteiger partial charge in [0.2, 0.25) is 11.8 Å². The van der Waals surface area contributed by atoms with Crippen molar-refractivity contribution in [2.24, 2.45) is 0 Å². The van der Waals surface area contributed by atoms with E-state index in [0.29, 0.717) is 25.9 Å². The molecule has 3 N–H and O–H groups in total. The fourth-order valence-electron chi connectivity index (χ4n) is 2.74. The number of carbonyl (C=O) groups excluding carboxylic acids is 2. The number of amides is 2. The molecule has 0 bridgehead atoms. The quantitative estimate of drug-likeness (QED) is 0.282. The second kappa shape index (κ2) is 17.8. The smallest absolute Gasteiger partial charge is 0.220 e. The summed E-state index contributed by atoms with van der Waals surface area (Å²) in [6.07, 6.45) is 15.6. The summed E-state index contributed by atoms with van der Waals surface area (Å²) in [6.45, 7) is 9.43. The number of hydrogen-bond acceptors (Lipinski definition) is 3. The van der Waals surface area contributed by atoms with Crippen LogP contribution in [-0.4, -0.2) is 37.0 Å². The summed E-state index contributed by atoms with van der Waals surface area (Å²) < 4.78 is 0. The Morgan fingerprint density at radius 3 is 1.52 bits per heavy atom. The van der Waals surface area contributed by atoms with Crippen LogP contribution >= 0.6 is 0 Å². The van der Waals surface area contributed by atoms with Gasteiger partial charge in [-0.15, -0.1) is 0 Å². The molecule has 2 amide bonds. The van der Waals surface area contributed by atoms with E-state index in [1.54, 1.807) is 0 Å². The van der Waals surface area contributed by atoms with Crippen LogP contribution in [0.15, 0.2) is 24.3 Å². The maximum Gasteiger partial charge on any atom is 0.220 e. The SMILES string of the molecule is C/C=C/CCCCC(=O)NC(C)CNCC(C)NC(=O)CCCC/C=C/C. The fraction of sp³-hybridized carbons (Fsp3) is 0.727. The van der Waals surface area contributed by atoms with E-state index >= 15 is 0 Å². The molecule has 5 nitrogen and oxygen atoms in total. The van der Waals surface area contributed by atoms with E-state index in [4.69, 9.17) is 0 Å². The zero-order chi connectivity index (χ0) is 20.3. The molecule has 0 radical (unpaired) electrons. The van der Waals surface area contributed by atoms with E-state index in [1.165, 1.54) is 0 Å². The molecule has 156 valence electrons. The number of carbonyl (C=O) groups is 2. The molecule has 0 aromatic rings. The Bertz CT molecular complexity index is 407. The van der Waals surface area contributed by atoms with E-state index in [2.05, 4.69) is 28.1 Å². The van der Waals surface area contributed by atoms with Crippen LogP contribution in [0, 0.1) is 0 Å². The van der Waals surface area contributed by atoms with Gasteiger partial charge in [0.25, 0.3) is 0 Å². The van der Waals surface area contributed by atoms with Gasteiger partial charge < -0.3 is 16.0 Å². The number of unbranched alkanes of at least 4 members (excludes halogenated alkanes) is 4. The summed E-state index contributed by atoms with van der Waals surface area (Å²) in [7, 11) is 0. The van der Waals surface area contributed by atoms with E-state index < -0.39 is 0 Å². The highest BCUT2D eigenvalue weighted by molar-refractivity contribution is 5.76. The molecule has 0 rings (SSSR count). The summed E-state index contributed by atoms with van der Waals surface area (Å²) >= 11 is 0. The standard InChI is InChI=1S/C22H41N3O2/c1-5-7-9-11-13-15-21(26)24-19(3)17-23-18-20(4)25-22(27)16-14-12-10-8-6-2/h5-8,19-20,23H,9-18H2,1-4H3,(H,24,26)(H,25,27)/b7-5+,8-6+. The zero-order valence-corrected chi connectivity index (χ0v) is 17.9. The molecule has 0 saturated heterocycles. The van der Waals surface area contributed by atoms with Crippen LogP contribution in [0.1, 0.15) is 79.1 Å². The van der Waals surface area contributed by atoms with Crippen molar-refractivity contribution in [1.29, 1.82) is 0 Å². The average molecular weight is 380 g/mol. The minimum absolute atomic E-state index is 0.0857. The van der Waals surface area contributed by atoms with E-state index in [1.807, 2.05) is 39.8 Å². The zero-order valence-electron chi connectivity index (χ0n) is 17.9. The molecule has 0 aliphatic rings. The molecule has 0 heterocycles. The van der Waals surface area contributed by atoms with Crippen LogP contribution in [0.5, 0.6) is 0 Å². The molecule has 0 saturated carbocycles. The van der Waals surface area contributed by atoms with E-state index in [0.717, 1.165) is 38.5 Å². The van der Waals surface area contributed by atoms with Crippen LogP contribution in [0.2, 0.25) is 0 Å². The van der Waals surface area contributed by atoms with E-state index in [9.17, 15) is 9.59 Å². The summed E-state index contributed by atoms with van der Waals surface area (Å²) in [5.74, 6) is 0.230. The summed E-state index contributed by atoms with van der Waals surface area (Å²) in [5.41, 5.74) is 0. The lowest BCUT2D eigenvalue weighted by molar-refractivity contribution is -0.122. The van der Waals surface area contributed by atoms with Crippen molar-refractivity contribution in [3.8, 4) is 0 Å². The van der Waals surface area contributed by atoms with Gasteiger partial charge in [0.1, 0.15) is 0 Å². The lowest BCUT2D eigenvalue weighted by Gasteiger charge is -2.18. The maximum absolute atomic E-state index is 11.9. The first-order valence-corrected chi connectivity index (χ1v) is 10.5. The predicted octanol–water partition coefficient (Wildman–Crippen LogP) is 3.86. The van der Waals surface area contributed by atoms with Gasteiger partial charge in [-0.3, -0.25) is 9.59 Å². The monoisotopic (exact) mass is 379 g/mol. The van der Waals surface area contributed by atoms with Gasteiger partial charge >= 0.3 is 0 Å². The van der Waals surface area contributed by atoms with Crippen molar-refractivity contribution in [2.75, 3.05) is 13.1 Å². The highest BCUT2D eigenvalue weighted by Crippen LogP contribution is 2.02. The van der Waals surface area contributed by atoms with Crippen molar-refractivity contribution < 1.29 is 9.59 Å². The Labute approximate surface area is 166 Å². The van der Waals surface area contributed by atoms with Gasteiger partial charge in [-0.1, -0.05) is 24.3 Å². The summed E-state index contributed by atoms with van der Waals surface area (Å²) in [5, 5.41) is 9.35. The largest absolute Gasteiger partial charge is 0.352 e. The van der Waals surface area contributed by atoms with Crippen molar-refractivity contribution in [3.63, 3.8) is 0 Å². The van der Waals surface area contributed by atoms with Gasteiger partial charge in [0.15, 0.2) is 0 Å². The molecule has 0 aromatic carbocycles. The molecule has 0 aromatic heterocycles. The first kappa shape index (κ1) is 25.4. The van der Waals surface area contributed by atoms with Crippen molar-refractivity contribution in [3.05, 3.63) is 24.3 Å². The molecule has 5 heteroatoms. The van der Waals surface area contributed by atoms with Gasteiger partial charge in [-0.25, -0.2) is 0 Å². The molecule has 0 aliphatic carbocycles. The molecule has 0 spiro atoms. The number of hydrogen-bond donors (Lipinski definition) is 3. The maximum atomic E-state index is 11.9. The van der Waals surface area contributed by atoms with Crippen LogP contribution in [0.4, 0.5) is 0 Å². The average Bonchev–Trinajstić information content (AvgIpc) is 2.61. The summed E-state index contributed by atoms with van der Waals surface area (Å²) in [6, 6.07) is 0.171. The minimum Gasteiger partial charge on any atom is -0.352 e. The Balaban J connectivity index is 3.69. The molecule has 27 heavy (non-hydrogen) atoms. The Hall–Kier alpha value is -1.62. The topological polar surface area (TPSA) is 70.2 Å². The highest BCUT2D eigenvalue weighted by atomic mass is 16.2. The molecule has 2 unspecified atom stereocenters. The highest BCUT2D eigenvalue weighted by Gasteiger charge is 2.09. The third kappa shape index (κ3) is 17.5. The number of rotatable bonds is 16. The predicted molar refractivity (Wildman–Crippen MR) is 115 cm³/mol. The first-order valence-electron chi connectivity index (χ1n) is 10.5. The molecule has 0 aliphatic heterocycles. The second-order valence-corrected chi connectivity index (χ2v) is 7.23. The number of nitrogens with one attached hydrogen (secondary N) is 3. The van der Waals surface area contributed by atoms with Crippen LogP contribution in [-0.2, 0) is 9.59 Å². The van der Waals surface area contributed by atoms with Crippen LogP contribution in [0.3, 0.4) is 0 Å². The fourth-order valence-corrected chi connectivity index (χ4v) is 2.74. The van der Waals surface area contributed by atoms with Crippen LogP contribution in [0.25, 0.3) is 0 Å². The van der Waals surface area contributed by atoms with Gasteiger partial charge in [-0.05, 0) is 66.2 Å². The van der Waals surface area contributed by atoms with Gasteiger partial charge in [-0.2, -0.15) is 0 Å². The third-order valence-corrected chi connectivity index (χ3v) is 4.24. The number of allylic oxidation sites excluding steroid dienone is 4. The second-order valence-electron chi connectivity index (χ2n) is 7.23. The normalized spacial score (nSPS) is 13.8. The first-order chi connectivity index (χ1) is 13.0. The summed E-state index contributed by atoms with van der Waals surface area (Å²) in [4.78, 5) is 23.8. The van der Waals surface area contributed by atoms with Gasteiger partial charge in [0.05, 0.1) is 0 Å². The van der Waals surface area contributed by atoms with Crippen molar-refractivity contribution >= 4 is 11.8 Å². The lowest BCUT2D eigenvalue weighted by Crippen LogP contribution is -2.45. The Morgan fingerprint density at radius 1 is 0.741 bits per heavy atom. The Morgan fingerprint density at radius 2 is 1.15 bits per heavy atom.